The Hall–Kier alpha value is -2.56. The Bertz CT molecular complexity index is 1140. The second kappa shape index (κ2) is 8.44. The molecule has 1 N–H and O–H groups in total. The Labute approximate surface area is 176 Å². The largest absolute Gasteiger partial charge is 0.299 e. The van der Waals surface area contributed by atoms with Gasteiger partial charge in [0.15, 0.2) is 0 Å². The van der Waals surface area contributed by atoms with Gasteiger partial charge in [-0.3, -0.25) is 14.4 Å². The maximum atomic E-state index is 13.6. The van der Waals surface area contributed by atoms with Gasteiger partial charge in [0.1, 0.15) is 16.9 Å². The molecule has 0 aliphatic carbocycles. The standard InChI is InChI=1S/C18H16ClFN4O3S2/c1-11(24(29(2,26)27)15-5-3-4-14(20)10-15)16(25)21-18-23-22-17(28-18)12-6-8-13(19)9-7-12/h3-11H,1-2H3,(H,21,23,25)/t11-/m1/s1. The number of halogens is 2. The summed E-state index contributed by atoms with van der Waals surface area (Å²) in [5.41, 5.74) is 0.826. The first-order chi connectivity index (χ1) is 13.6. The highest BCUT2D eigenvalue weighted by atomic mass is 35.5. The molecule has 3 rings (SSSR count). The summed E-state index contributed by atoms with van der Waals surface area (Å²) in [6.45, 7) is 1.41. The Balaban J connectivity index is 1.81. The first-order valence-corrected chi connectivity index (χ1v) is 11.3. The number of benzene rings is 2. The lowest BCUT2D eigenvalue weighted by Crippen LogP contribution is -2.45. The molecule has 1 atom stereocenters. The maximum absolute atomic E-state index is 13.6. The molecular weight excluding hydrogens is 439 g/mol. The zero-order valence-electron chi connectivity index (χ0n) is 15.3. The summed E-state index contributed by atoms with van der Waals surface area (Å²) in [4.78, 5) is 12.7. The number of nitrogens with one attached hydrogen (secondary N) is 1. The summed E-state index contributed by atoms with van der Waals surface area (Å²) in [6, 6.07) is 10.8. The highest BCUT2D eigenvalue weighted by Gasteiger charge is 2.30. The lowest BCUT2D eigenvalue weighted by molar-refractivity contribution is -0.116. The molecule has 1 heterocycles. The van der Waals surface area contributed by atoms with Crippen LogP contribution < -0.4 is 9.62 Å². The average Bonchev–Trinajstić information content (AvgIpc) is 3.09. The topological polar surface area (TPSA) is 92.3 Å². The molecule has 0 aliphatic heterocycles. The third kappa shape index (κ3) is 5.08. The molecule has 0 saturated carbocycles. The molecule has 152 valence electrons. The SMILES string of the molecule is C[C@H](C(=O)Nc1nnc(-c2ccc(Cl)cc2)s1)N(c1cccc(F)c1)S(C)(=O)=O. The monoisotopic (exact) mass is 454 g/mol. The fourth-order valence-corrected chi connectivity index (χ4v) is 4.66. The van der Waals surface area contributed by atoms with E-state index < -0.39 is 27.8 Å². The molecule has 0 radical (unpaired) electrons. The molecule has 0 fully saturated rings. The molecule has 0 unspecified atom stereocenters. The van der Waals surface area contributed by atoms with Crippen molar-refractivity contribution in [3.63, 3.8) is 0 Å². The van der Waals surface area contributed by atoms with Crippen LogP contribution in [0.2, 0.25) is 5.02 Å². The van der Waals surface area contributed by atoms with Gasteiger partial charge in [0.05, 0.1) is 11.9 Å². The number of carbonyl (C=O) groups excluding carboxylic acids is 1. The van der Waals surface area contributed by atoms with E-state index in [0.717, 1.165) is 33.5 Å². The van der Waals surface area contributed by atoms with Gasteiger partial charge in [-0.15, -0.1) is 10.2 Å². The lowest BCUT2D eigenvalue weighted by atomic mass is 10.2. The minimum absolute atomic E-state index is 0.0502. The van der Waals surface area contributed by atoms with Crippen LogP contribution >= 0.6 is 22.9 Å². The number of carbonyl (C=O) groups is 1. The zero-order valence-corrected chi connectivity index (χ0v) is 17.7. The fraction of sp³-hybridized carbons (Fsp3) is 0.167. The molecule has 0 spiro atoms. The smallest absolute Gasteiger partial charge is 0.249 e. The number of nitrogens with zero attached hydrogens (tertiary/aromatic N) is 3. The number of aromatic nitrogens is 2. The number of rotatable bonds is 6. The molecule has 7 nitrogen and oxygen atoms in total. The number of anilines is 2. The van der Waals surface area contributed by atoms with Crippen LogP contribution in [0.5, 0.6) is 0 Å². The van der Waals surface area contributed by atoms with Crippen molar-refractivity contribution >= 4 is 49.7 Å². The number of amides is 1. The summed E-state index contributed by atoms with van der Waals surface area (Å²) in [5, 5.41) is 11.9. The van der Waals surface area contributed by atoms with Gasteiger partial charge in [0, 0.05) is 10.6 Å². The van der Waals surface area contributed by atoms with Crippen LogP contribution in [0, 0.1) is 5.82 Å². The van der Waals surface area contributed by atoms with Crippen LogP contribution in [0.3, 0.4) is 0 Å². The zero-order chi connectivity index (χ0) is 21.2. The van der Waals surface area contributed by atoms with E-state index in [0.29, 0.717) is 10.0 Å². The van der Waals surface area contributed by atoms with Crippen molar-refractivity contribution in [3.05, 3.63) is 59.4 Å². The van der Waals surface area contributed by atoms with Gasteiger partial charge in [-0.05, 0) is 37.3 Å². The second-order valence-corrected chi connectivity index (χ2v) is 9.40. The van der Waals surface area contributed by atoms with Crippen LogP contribution in [0.4, 0.5) is 15.2 Å². The lowest BCUT2D eigenvalue weighted by Gasteiger charge is -2.27. The molecule has 11 heteroatoms. The van der Waals surface area contributed by atoms with E-state index in [1.807, 2.05) is 0 Å². The summed E-state index contributed by atoms with van der Waals surface area (Å²) in [7, 11) is -3.85. The fourth-order valence-electron chi connectivity index (χ4n) is 2.61. The van der Waals surface area contributed by atoms with Crippen molar-refractivity contribution in [2.24, 2.45) is 0 Å². The highest BCUT2D eigenvalue weighted by molar-refractivity contribution is 7.92. The first-order valence-electron chi connectivity index (χ1n) is 8.30. The predicted octanol–water partition coefficient (Wildman–Crippen LogP) is 3.79. The minimum atomic E-state index is -3.85. The van der Waals surface area contributed by atoms with E-state index in [-0.39, 0.29) is 10.8 Å². The van der Waals surface area contributed by atoms with Gasteiger partial charge in [-0.2, -0.15) is 0 Å². The Kier molecular flexibility index (Phi) is 6.15. The third-order valence-corrected chi connectivity index (χ3v) is 6.28. The molecule has 1 amide bonds. The molecule has 0 aliphatic rings. The van der Waals surface area contributed by atoms with Crippen LogP contribution in [0.1, 0.15) is 6.92 Å². The summed E-state index contributed by atoms with van der Waals surface area (Å²) in [6.07, 6.45) is 0.950. The summed E-state index contributed by atoms with van der Waals surface area (Å²) < 4.78 is 38.9. The Morgan fingerprint density at radius 3 is 2.52 bits per heavy atom. The minimum Gasteiger partial charge on any atom is -0.299 e. The normalized spacial score (nSPS) is 12.4. The van der Waals surface area contributed by atoms with Crippen LogP contribution in [-0.4, -0.2) is 36.8 Å². The predicted molar refractivity (Wildman–Crippen MR) is 112 cm³/mol. The average molecular weight is 455 g/mol. The van der Waals surface area contributed by atoms with Gasteiger partial charge in [0.25, 0.3) is 0 Å². The summed E-state index contributed by atoms with van der Waals surface area (Å²) >= 11 is 7.00. The highest BCUT2D eigenvalue weighted by Crippen LogP contribution is 2.28. The van der Waals surface area contributed by atoms with Gasteiger partial charge in [-0.1, -0.05) is 41.1 Å². The van der Waals surface area contributed by atoms with Crippen LogP contribution in [0.15, 0.2) is 48.5 Å². The quantitative estimate of drug-likeness (QED) is 0.611. The van der Waals surface area contributed by atoms with E-state index in [1.165, 1.54) is 25.1 Å². The second-order valence-electron chi connectivity index (χ2n) is 6.12. The maximum Gasteiger partial charge on any atom is 0.249 e. The van der Waals surface area contributed by atoms with Crippen molar-refractivity contribution in [1.82, 2.24) is 10.2 Å². The summed E-state index contributed by atoms with van der Waals surface area (Å²) in [5.74, 6) is -1.24. The van der Waals surface area contributed by atoms with Gasteiger partial charge >= 0.3 is 0 Å². The molecule has 3 aromatic rings. The van der Waals surface area contributed by atoms with Gasteiger partial charge in [-0.25, -0.2) is 12.8 Å². The van der Waals surface area contributed by atoms with Crippen LogP contribution in [0.25, 0.3) is 10.6 Å². The molecular formula is C18H16ClFN4O3S2. The molecule has 0 bridgehead atoms. The van der Waals surface area contributed by atoms with E-state index in [2.05, 4.69) is 15.5 Å². The number of hydrogen-bond donors (Lipinski definition) is 1. The Morgan fingerprint density at radius 2 is 1.90 bits per heavy atom. The van der Waals surface area contributed by atoms with Crippen LogP contribution in [-0.2, 0) is 14.8 Å². The van der Waals surface area contributed by atoms with E-state index in [4.69, 9.17) is 11.6 Å². The van der Waals surface area contributed by atoms with Crippen molar-refractivity contribution in [2.45, 2.75) is 13.0 Å². The van der Waals surface area contributed by atoms with Gasteiger partial charge < -0.3 is 0 Å². The van der Waals surface area contributed by atoms with Crippen molar-refractivity contribution in [2.75, 3.05) is 15.9 Å². The first kappa shape index (κ1) is 21.2. The van der Waals surface area contributed by atoms with Crippen molar-refractivity contribution in [3.8, 4) is 10.6 Å². The third-order valence-electron chi connectivity index (χ3n) is 3.90. The Morgan fingerprint density at radius 1 is 1.21 bits per heavy atom. The molecule has 29 heavy (non-hydrogen) atoms. The molecule has 2 aromatic carbocycles. The van der Waals surface area contributed by atoms with Crippen molar-refractivity contribution < 1.29 is 17.6 Å². The van der Waals surface area contributed by atoms with E-state index >= 15 is 0 Å². The number of hydrogen-bond acceptors (Lipinski definition) is 6. The van der Waals surface area contributed by atoms with Gasteiger partial charge in [0.2, 0.25) is 21.1 Å². The molecule has 1 aromatic heterocycles. The number of sulfonamides is 1. The van der Waals surface area contributed by atoms with E-state index in [9.17, 15) is 17.6 Å². The molecule has 0 saturated heterocycles. The van der Waals surface area contributed by atoms with Crippen molar-refractivity contribution in [1.29, 1.82) is 0 Å². The van der Waals surface area contributed by atoms with E-state index in [1.54, 1.807) is 24.3 Å².